The van der Waals surface area contributed by atoms with Crippen LogP contribution in [0.5, 0.6) is 0 Å². The number of rotatable bonds is 1. The van der Waals surface area contributed by atoms with Gasteiger partial charge in [-0.25, -0.2) is 0 Å². The smallest absolute Gasteiger partial charge is 0.302 e. The minimum atomic E-state index is -0.351. The van der Waals surface area contributed by atoms with Gasteiger partial charge in [-0.2, -0.15) is 0 Å². The van der Waals surface area contributed by atoms with Crippen LogP contribution in [0.4, 0.5) is 0 Å². The Labute approximate surface area is 83.5 Å². The highest BCUT2D eigenvalue weighted by Crippen LogP contribution is 2.35. The lowest BCUT2D eigenvalue weighted by atomic mass is 10.0. The van der Waals surface area contributed by atoms with Crippen LogP contribution in [0.3, 0.4) is 0 Å². The van der Waals surface area contributed by atoms with Crippen molar-refractivity contribution in [2.24, 2.45) is 0 Å². The molecule has 0 N–H and O–H groups in total. The summed E-state index contributed by atoms with van der Waals surface area (Å²) >= 11 is 0. The Bertz CT molecular complexity index is 210. The minimum Gasteiger partial charge on any atom is -0.460 e. The summed E-state index contributed by atoms with van der Waals surface area (Å²) in [5, 5.41) is 0. The summed E-state index contributed by atoms with van der Waals surface area (Å²) < 4.78 is 16.3. The van der Waals surface area contributed by atoms with Crippen molar-refractivity contribution in [2.75, 3.05) is 13.2 Å². The molecule has 2 saturated heterocycles. The van der Waals surface area contributed by atoms with Gasteiger partial charge in [0, 0.05) is 19.8 Å². The maximum atomic E-state index is 10.7. The molecule has 0 aliphatic carbocycles. The molecule has 2 aliphatic rings. The van der Waals surface area contributed by atoms with Gasteiger partial charge in [-0.1, -0.05) is 0 Å². The third kappa shape index (κ3) is 2.07. The Kier molecular flexibility index (Phi) is 2.74. The maximum absolute atomic E-state index is 10.7. The van der Waals surface area contributed by atoms with Gasteiger partial charge in [0.15, 0.2) is 5.79 Å². The Hall–Kier alpha value is -0.610. The SMILES string of the molecule is CC(=O)OC1CCC2(CCCO2)OC1. The van der Waals surface area contributed by atoms with Gasteiger partial charge in [0.2, 0.25) is 0 Å². The first-order valence-corrected chi connectivity index (χ1v) is 5.15. The number of ether oxygens (including phenoxy) is 3. The fraction of sp³-hybridized carbons (Fsp3) is 0.900. The molecule has 0 amide bonds. The molecule has 4 nitrogen and oxygen atoms in total. The Balaban J connectivity index is 1.82. The Morgan fingerprint density at radius 2 is 2.29 bits per heavy atom. The molecule has 2 heterocycles. The van der Waals surface area contributed by atoms with Gasteiger partial charge >= 0.3 is 5.97 Å². The van der Waals surface area contributed by atoms with Gasteiger partial charge < -0.3 is 14.2 Å². The van der Waals surface area contributed by atoms with E-state index in [1.165, 1.54) is 6.92 Å². The average molecular weight is 200 g/mol. The molecule has 0 saturated carbocycles. The number of carbonyl (C=O) groups is 1. The summed E-state index contributed by atoms with van der Waals surface area (Å²) in [5.41, 5.74) is 0. The lowest BCUT2D eigenvalue weighted by Crippen LogP contribution is -2.42. The second-order valence-corrected chi connectivity index (χ2v) is 3.94. The van der Waals surface area contributed by atoms with Gasteiger partial charge in [0.1, 0.15) is 6.10 Å². The molecular weight excluding hydrogens is 184 g/mol. The molecule has 0 aromatic rings. The minimum absolute atomic E-state index is 0.0812. The van der Waals surface area contributed by atoms with E-state index < -0.39 is 0 Å². The van der Waals surface area contributed by atoms with E-state index in [0.29, 0.717) is 6.61 Å². The molecule has 1 spiro atoms. The van der Waals surface area contributed by atoms with Crippen LogP contribution in [0.1, 0.15) is 32.6 Å². The molecule has 2 rings (SSSR count). The predicted octanol–water partition coefficient (Wildman–Crippen LogP) is 1.24. The van der Waals surface area contributed by atoms with Crippen LogP contribution in [0.2, 0.25) is 0 Å². The van der Waals surface area contributed by atoms with Crippen LogP contribution < -0.4 is 0 Å². The first kappa shape index (κ1) is 9.93. The van der Waals surface area contributed by atoms with Crippen molar-refractivity contribution in [1.29, 1.82) is 0 Å². The van der Waals surface area contributed by atoms with Crippen LogP contribution in [0, 0.1) is 0 Å². The molecule has 4 heteroatoms. The summed E-state index contributed by atoms with van der Waals surface area (Å²) in [5.74, 6) is -0.585. The van der Waals surface area contributed by atoms with Crippen molar-refractivity contribution >= 4 is 5.97 Å². The number of hydrogen-bond acceptors (Lipinski definition) is 4. The normalized spacial score (nSPS) is 37.4. The van der Waals surface area contributed by atoms with E-state index in [2.05, 4.69) is 0 Å². The van der Waals surface area contributed by atoms with Gasteiger partial charge in [-0.15, -0.1) is 0 Å². The zero-order valence-corrected chi connectivity index (χ0v) is 8.45. The molecule has 0 bridgehead atoms. The third-order valence-corrected chi connectivity index (χ3v) is 2.78. The Morgan fingerprint density at radius 1 is 1.43 bits per heavy atom. The van der Waals surface area contributed by atoms with E-state index >= 15 is 0 Å². The van der Waals surface area contributed by atoms with Crippen LogP contribution in [-0.2, 0) is 19.0 Å². The largest absolute Gasteiger partial charge is 0.460 e. The van der Waals surface area contributed by atoms with Crippen molar-refractivity contribution < 1.29 is 19.0 Å². The van der Waals surface area contributed by atoms with Crippen LogP contribution >= 0.6 is 0 Å². The summed E-state index contributed by atoms with van der Waals surface area (Å²) in [7, 11) is 0. The van der Waals surface area contributed by atoms with Crippen LogP contribution in [0.15, 0.2) is 0 Å². The van der Waals surface area contributed by atoms with Gasteiger partial charge in [0.05, 0.1) is 13.2 Å². The maximum Gasteiger partial charge on any atom is 0.302 e. The zero-order chi connectivity index (χ0) is 10.0. The van der Waals surface area contributed by atoms with Gasteiger partial charge in [-0.3, -0.25) is 4.79 Å². The monoisotopic (exact) mass is 200 g/mol. The predicted molar refractivity (Wildman–Crippen MR) is 48.7 cm³/mol. The van der Waals surface area contributed by atoms with Crippen molar-refractivity contribution in [3.05, 3.63) is 0 Å². The lowest BCUT2D eigenvalue weighted by molar-refractivity contribution is -0.251. The quantitative estimate of drug-likeness (QED) is 0.597. The van der Waals surface area contributed by atoms with E-state index in [4.69, 9.17) is 14.2 Å². The number of esters is 1. The van der Waals surface area contributed by atoms with Gasteiger partial charge in [-0.05, 0) is 12.8 Å². The van der Waals surface area contributed by atoms with E-state index in [9.17, 15) is 4.79 Å². The fourth-order valence-electron chi connectivity index (χ4n) is 2.09. The van der Waals surface area contributed by atoms with Crippen molar-refractivity contribution in [3.8, 4) is 0 Å². The second-order valence-electron chi connectivity index (χ2n) is 3.94. The van der Waals surface area contributed by atoms with E-state index in [1.807, 2.05) is 0 Å². The molecule has 2 unspecified atom stereocenters. The van der Waals surface area contributed by atoms with E-state index in [-0.39, 0.29) is 17.9 Å². The van der Waals surface area contributed by atoms with Crippen LogP contribution in [0.25, 0.3) is 0 Å². The molecule has 2 atom stereocenters. The fourth-order valence-corrected chi connectivity index (χ4v) is 2.09. The van der Waals surface area contributed by atoms with Crippen molar-refractivity contribution in [3.63, 3.8) is 0 Å². The third-order valence-electron chi connectivity index (χ3n) is 2.78. The van der Waals surface area contributed by atoms with Gasteiger partial charge in [0.25, 0.3) is 0 Å². The second kappa shape index (κ2) is 3.87. The topological polar surface area (TPSA) is 44.8 Å². The Morgan fingerprint density at radius 3 is 2.79 bits per heavy atom. The standard InChI is InChI=1S/C10H16O4/c1-8(11)14-9-3-5-10(13-7-9)4-2-6-12-10/h9H,2-7H2,1H3. The summed E-state index contributed by atoms with van der Waals surface area (Å²) in [6.07, 6.45) is 3.64. The molecule has 2 aliphatic heterocycles. The highest BCUT2D eigenvalue weighted by atomic mass is 16.7. The average Bonchev–Trinajstić information content (AvgIpc) is 2.58. The number of carbonyl (C=O) groups excluding carboxylic acids is 1. The molecule has 0 aromatic heterocycles. The highest BCUT2D eigenvalue weighted by molar-refractivity contribution is 5.66. The zero-order valence-electron chi connectivity index (χ0n) is 8.45. The van der Waals surface area contributed by atoms with Crippen LogP contribution in [-0.4, -0.2) is 31.1 Å². The van der Waals surface area contributed by atoms with E-state index in [0.717, 1.165) is 32.3 Å². The lowest BCUT2D eigenvalue weighted by Gasteiger charge is -2.35. The van der Waals surface area contributed by atoms with Crippen molar-refractivity contribution in [1.82, 2.24) is 0 Å². The molecule has 0 radical (unpaired) electrons. The highest BCUT2D eigenvalue weighted by Gasteiger charge is 2.40. The molecule has 80 valence electrons. The summed E-state index contributed by atoms with van der Waals surface area (Å²) in [6, 6.07) is 0. The summed E-state index contributed by atoms with van der Waals surface area (Å²) in [4.78, 5) is 10.7. The molecule has 14 heavy (non-hydrogen) atoms. The molecular formula is C10H16O4. The molecule has 2 fully saturated rings. The first-order chi connectivity index (χ1) is 6.70. The first-order valence-electron chi connectivity index (χ1n) is 5.15. The molecule has 0 aromatic carbocycles. The number of hydrogen-bond donors (Lipinski definition) is 0. The van der Waals surface area contributed by atoms with Crippen molar-refractivity contribution in [2.45, 2.75) is 44.5 Å². The summed E-state index contributed by atoms with van der Waals surface area (Å²) in [6.45, 7) is 2.69. The van der Waals surface area contributed by atoms with E-state index in [1.54, 1.807) is 0 Å².